The summed E-state index contributed by atoms with van der Waals surface area (Å²) in [7, 11) is 0. The van der Waals surface area contributed by atoms with Crippen LogP contribution in [0.3, 0.4) is 0 Å². The summed E-state index contributed by atoms with van der Waals surface area (Å²) in [5.74, 6) is -2.99. The number of carboxylic acids is 1. The second-order valence-corrected chi connectivity index (χ2v) is 5.02. The average molecular weight is 340 g/mol. The first-order valence-electron chi connectivity index (χ1n) is 7.09. The third-order valence-corrected chi connectivity index (χ3v) is 2.89. The minimum Gasteiger partial charge on any atom is -0.480 e. The quantitative estimate of drug-likeness (QED) is 0.279. The summed E-state index contributed by atoms with van der Waals surface area (Å²) in [4.78, 5) is 52.3. The molecule has 1 heterocycles. The molecule has 0 spiro atoms. The number of carbonyl (C=O) groups excluding carboxylic acids is 3. The van der Waals surface area contributed by atoms with Gasteiger partial charge in [0.2, 0.25) is 17.7 Å². The molecule has 132 valence electrons. The van der Waals surface area contributed by atoms with E-state index in [1.54, 1.807) is 0 Å². The van der Waals surface area contributed by atoms with E-state index in [0.29, 0.717) is 5.69 Å². The molecule has 0 fully saturated rings. The van der Waals surface area contributed by atoms with Crippen molar-refractivity contribution in [3.05, 3.63) is 18.2 Å². The number of hydrogen-bond acceptors (Lipinski definition) is 6. The van der Waals surface area contributed by atoms with E-state index < -0.39 is 48.9 Å². The van der Waals surface area contributed by atoms with Crippen LogP contribution < -0.4 is 21.7 Å². The van der Waals surface area contributed by atoms with Crippen molar-refractivity contribution in [2.45, 2.75) is 25.4 Å². The molecule has 1 aromatic heterocycles. The highest BCUT2D eigenvalue weighted by molar-refractivity contribution is 5.92. The number of nitrogens with two attached hydrogens (primary N) is 1. The van der Waals surface area contributed by atoms with Crippen LogP contribution in [0.4, 0.5) is 0 Å². The first kappa shape index (κ1) is 19.1. The molecule has 0 aliphatic rings. The highest BCUT2D eigenvalue weighted by Gasteiger charge is 2.23. The highest BCUT2D eigenvalue weighted by Crippen LogP contribution is 1.99. The van der Waals surface area contributed by atoms with Crippen molar-refractivity contribution in [2.24, 2.45) is 5.73 Å². The first-order chi connectivity index (χ1) is 11.3. The summed E-state index contributed by atoms with van der Waals surface area (Å²) in [6.45, 7) is 0.507. The van der Waals surface area contributed by atoms with Gasteiger partial charge < -0.3 is 31.8 Å². The van der Waals surface area contributed by atoms with Crippen LogP contribution in [0.25, 0.3) is 0 Å². The zero-order valence-corrected chi connectivity index (χ0v) is 13.0. The van der Waals surface area contributed by atoms with Crippen molar-refractivity contribution in [1.29, 1.82) is 0 Å². The third-order valence-electron chi connectivity index (χ3n) is 2.89. The molecule has 1 aromatic rings. The Morgan fingerprint density at radius 1 is 1.25 bits per heavy atom. The van der Waals surface area contributed by atoms with Crippen LogP contribution in [0.5, 0.6) is 0 Å². The number of aliphatic carboxylic acids is 1. The standard InChI is InChI=1S/C13H20N6O5/c1-7(14)12(23)19-9(2-8-3-15-6-18-8)13(24)17-4-10(20)16-5-11(21)22/h3,6-7,9H,2,4-5,14H2,1H3,(H,15,18)(H,16,20)(H,17,24)(H,19,23)(H,21,22). The molecular weight excluding hydrogens is 320 g/mol. The summed E-state index contributed by atoms with van der Waals surface area (Å²) in [6, 6.07) is -1.77. The second kappa shape index (κ2) is 9.25. The van der Waals surface area contributed by atoms with Gasteiger partial charge >= 0.3 is 5.97 Å². The molecule has 2 atom stereocenters. The van der Waals surface area contributed by atoms with Crippen LogP contribution in [0, 0.1) is 0 Å². The summed E-state index contributed by atoms with van der Waals surface area (Å²) in [5.41, 5.74) is 6.07. The number of nitrogens with one attached hydrogen (secondary N) is 4. The summed E-state index contributed by atoms with van der Waals surface area (Å²) in [6.07, 6.45) is 3.05. The first-order valence-corrected chi connectivity index (χ1v) is 7.09. The number of carbonyl (C=O) groups is 4. The Labute approximate surface area is 137 Å². The van der Waals surface area contributed by atoms with E-state index in [1.807, 2.05) is 0 Å². The number of rotatable bonds is 9. The minimum atomic E-state index is -1.20. The van der Waals surface area contributed by atoms with Crippen LogP contribution in [-0.2, 0) is 25.6 Å². The van der Waals surface area contributed by atoms with Gasteiger partial charge in [-0.15, -0.1) is 0 Å². The van der Waals surface area contributed by atoms with E-state index in [-0.39, 0.29) is 6.42 Å². The molecule has 11 heteroatoms. The molecular formula is C13H20N6O5. The van der Waals surface area contributed by atoms with Crippen molar-refractivity contribution in [3.8, 4) is 0 Å². The fourth-order valence-electron chi connectivity index (χ4n) is 1.66. The molecule has 0 bridgehead atoms. The number of hydrogen-bond donors (Lipinski definition) is 6. The Morgan fingerprint density at radius 3 is 2.50 bits per heavy atom. The predicted octanol–water partition coefficient (Wildman–Crippen LogP) is -2.90. The monoisotopic (exact) mass is 340 g/mol. The number of aromatic amines is 1. The smallest absolute Gasteiger partial charge is 0.322 e. The van der Waals surface area contributed by atoms with Gasteiger partial charge in [-0.2, -0.15) is 0 Å². The fraction of sp³-hybridized carbons (Fsp3) is 0.462. The number of H-pyrrole nitrogens is 1. The van der Waals surface area contributed by atoms with E-state index >= 15 is 0 Å². The molecule has 0 radical (unpaired) electrons. The number of imidazole rings is 1. The summed E-state index contributed by atoms with van der Waals surface area (Å²) < 4.78 is 0. The lowest BCUT2D eigenvalue weighted by molar-refractivity contribution is -0.138. The van der Waals surface area contributed by atoms with Crippen LogP contribution in [0.2, 0.25) is 0 Å². The molecule has 1 rings (SSSR count). The van der Waals surface area contributed by atoms with Gasteiger partial charge in [0.25, 0.3) is 0 Å². The number of nitrogens with zero attached hydrogens (tertiary/aromatic N) is 1. The maximum atomic E-state index is 12.2. The zero-order valence-electron chi connectivity index (χ0n) is 13.0. The van der Waals surface area contributed by atoms with Gasteiger partial charge in [0.05, 0.1) is 18.9 Å². The third kappa shape index (κ3) is 6.87. The Balaban J connectivity index is 2.60. The Bertz CT molecular complexity index is 586. The SMILES string of the molecule is CC(N)C(=O)NC(Cc1cnc[nH]1)C(=O)NCC(=O)NCC(=O)O. The minimum absolute atomic E-state index is 0.126. The van der Waals surface area contributed by atoms with Crippen LogP contribution in [0.1, 0.15) is 12.6 Å². The van der Waals surface area contributed by atoms with E-state index in [0.717, 1.165) is 0 Å². The highest BCUT2D eigenvalue weighted by atomic mass is 16.4. The van der Waals surface area contributed by atoms with Gasteiger partial charge in [-0.3, -0.25) is 19.2 Å². The average Bonchev–Trinajstić information content (AvgIpc) is 3.02. The Hall–Kier alpha value is -2.95. The van der Waals surface area contributed by atoms with Crippen molar-refractivity contribution in [2.75, 3.05) is 13.1 Å². The zero-order chi connectivity index (χ0) is 18.1. The summed E-state index contributed by atoms with van der Waals surface area (Å²) >= 11 is 0. The van der Waals surface area contributed by atoms with E-state index in [9.17, 15) is 19.2 Å². The lowest BCUT2D eigenvalue weighted by Crippen LogP contribution is -2.53. The lowest BCUT2D eigenvalue weighted by atomic mass is 10.1. The van der Waals surface area contributed by atoms with Crippen molar-refractivity contribution < 1.29 is 24.3 Å². The molecule has 0 aliphatic carbocycles. The van der Waals surface area contributed by atoms with Gasteiger partial charge in [-0.1, -0.05) is 0 Å². The maximum absolute atomic E-state index is 12.2. The topological polar surface area (TPSA) is 179 Å². The molecule has 0 aliphatic heterocycles. The normalized spacial score (nSPS) is 12.8. The Morgan fingerprint density at radius 2 is 1.96 bits per heavy atom. The van der Waals surface area contributed by atoms with Crippen molar-refractivity contribution in [3.63, 3.8) is 0 Å². The van der Waals surface area contributed by atoms with E-state index in [1.165, 1.54) is 19.4 Å². The molecule has 0 saturated heterocycles. The maximum Gasteiger partial charge on any atom is 0.322 e. The largest absolute Gasteiger partial charge is 0.480 e. The van der Waals surface area contributed by atoms with Gasteiger partial charge in [0.15, 0.2) is 0 Å². The molecule has 7 N–H and O–H groups in total. The molecule has 0 aromatic carbocycles. The van der Waals surface area contributed by atoms with Crippen LogP contribution in [-0.4, -0.2) is 63.9 Å². The lowest BCUT2D eigenvalue weighted by Gasteiger charge is -2.19. The fourth-order valence-corrected chi connectivity index (χ4v) is 1.66. The van der Waals surface area contributed by atoms with Gasteiger partial charge in [-0.05, 0) is 6.92 Å². The van der Waals surface area contributed by atoms with Crippen LogP contribution in [0.15, 0.2) is 12.5 Å². The number of aromatic nitrogens is 2. The van der Waals surface area contributed by atoms with Crippen molar-refractivity contribution in [1.82, 2.24) is 25.9 Å². The molecule has 0 saturated carbocycles. The molecule has 24 heavy (non-hydrogen) atoms. The molecule has 11 nitrogen and oxygen atoms in total. The number of amides is 3. The summed E-state index contributed by atoms with van der Waals surface area (Å²) in [5, 5.41) is 15.4. The Kier molecular flexibility index (Phi) is 7.36. The molecule has 2 unspecified atom stereocenters. The van der Waals surface area contributed by atoms with E-state index in [4.69, 9.17) is 10.8 Å². The predicted molar refractivity (Wildman–Crippen MR) is 81.5 cm³/mol. The number of carboxylic acid groups (broad SMARTS) is 1. The molecule has 3 amide bonds. The van der Waals surface area contributed by atoms with Crippen molar-refractivity contribution >= 4 is 23.7 Å². The van der Waals surface area contributed by atoms with Gasteiger partial charge in [-0.25, -0.2) is 4.98 Å². The van der Waals surface area contributed by atoms with E-state index in [2.05, 4.69) is 25.9 Å². The second-order valence-electron chi connectivity index (χ2n) is 5.02. The van der Waals surface area contributed by atoms with Gasteiger partial charge in [0.1, 0.15) is 12.6 Å². The van der Waals surface area contributed by atoms with Crippen LogP contribution >= 0.6 is 0 Å². The van der Waals surface area contributed by atoms with Gasteiger partial charge in [0, 0.05) is 18.3 Å².